The van der Waals surface area contributed by atoms with Crippen LogP contribution in [0.3, 0.4) is 0 Å². The fourth-order valence-corrected chi connectivity index (χ4v) is 4.65. The van der Waals surface area contributed by atoms with Crippen LogP contribution in [0.4, 0.5) is 5.69 Å². The summed E-state index contributed by atoms with van der Waals surface area (Å²) in [6, 6.07) is 30.9. The molecule has 2 nitrogen and oxygen atoms in total. The molecule has 0 spiro atoms. The van der Waals surface area contributed by atoms with Crippen LogP contribution in [0.1, 0.15) is 36.1 Å². The van der Waals surface area contributed by atoms with Gasteiger partial charge < -0.3 is 0 Å². The minimum atomic E-state index is 0.116. The van der Waals surface area contributed by atoms with Crippen molar-refractivity contribution in [1.29, 1.82) is 0 Å². The number of nitrogens with zero attached hydrogens (tertiary/aromatic N) is 2. The zero-order chi connectivity index (χ0) is 18.3. The van der Waals surface area contributed by atoms with Gasteiger partial charge >= 0.3 is 0 Å². The molecule has 3 heteroatoms. The predicted molar refractivity (Wildman–Crippen MR) is 113 cm³/mol. The summed E-state index contributed by atoms with van der Waals surface area (Å²) in [5.41, 5.74) is 3.89. The fraction of sp³-hybridized carbons (Fsp3) is 0.208. The van der Waals surface area contributed by atoms with Crippen molar-refractivity contribution in [2.24, 2.45) is 4.99 Å². The number of rotatable bonds is 4. The molecule has 0 aromatic heterocycles. The van der Waals surface area contributed by atoms with Crippen molar-refractivity contribution in [2.45, 2.75) is 31.0 Å². The Kier molecular flexibility index (Phi) is 4.11. The summed E-state index contributed by atoms with van der Waals surface area (Å²) in [5.74, 6) is 0. The fourth-order valence-electron chi connectivity index (χ4n) is 4.53. The molecule has 1 saturated carbocycles. The van der Waals surface area contributed by atoms with Gasteiger partial charge in [-0.15, -0.1) is 0 Å². The number of hydrogen-bond acceptors (Lipinski definition) is 1. The quantitative estimate of drug-likeness (QED) is 0.473. The van der Waals surface area contributed by atoms with E-state index in [4.69, 9.17) is 16.6 Å². The average molecular weight is 374 g/mol. The minimum absolute atomic E-state index is 0.116. The van der Waals surface area contributed by atoms with Gasteiger partial charge in [-0.3, -0.25) is 0 Å². The van der Waals surface area contributed by atoms with Crippen molar-refractivity contribution >= 4 is 23.6 Å². The lowest BCUT2D eigenvalue weighted by Gasteiger charge is -2.39. The lowest BCUT2D eigenvalue weighted by atomic mass is 9.91. The van der Waals surface area contributed by atoms with E-state index in [0.717, 1.165) is 9.51 Å². The first-order valence-corrected chi connectivity index (χ1v) is 9.95. The normalized spacial score (nSPS) is 27.0. The number of hydrogen-bond donors (Lipinski definition) is 0. The van der Waals surface area contributed by atoms with E-state index in [0.29, 0.717) is 6.04 Å². The lowest BCUT2D eigenvalue weighted by molar-refractivity contribution is 0.304. The molecule has 2 aliphatic rings. The summed E-state index contributed by atoms with van der Waals surface area (Å²) in [5, 5.41) is 0.778. The Hall–Kier alpha value is -2.42. The third-order valence-electron chi connectivity index (χ3n) is 5.88. The third kappa shape index (κ3) is 2.80. The molecule has 0 bridgehead atoms. The van der Waals surface area contributed by atoms with E-state index in [-0.39, 0.29) is 12.1 Å². The van der Waals surface area contributed by atoms with Gasteiger partial charge in [0.25, 0.3) is 0 Å². The summed E-state index contributed by atoms with van der Waals surface area (Å²) >= 11 is 6.20. The second kappa shape index (κ2) is 6.63. The minimum Gasteiger partial charge on any atom is -0.238 e. The van der Waals surface area contributed by atoms with Crippen LogP contribution in [-0.2, 0) is 0 Å². The maximum atomic E-state index is 6.20. The predicted octanol–water partition coefficient (Wildman–Crippen LogP) is 6.33. The number of benzene rings is 3. The Labute approximate surface area is 165 Å². The number of halogens is 1. The molecule has 1 unspecified atom stereocenters. The van der Waals surface area contributed by atoms with Crippen LogP contribution < -0.4 is 4.48 Å². The van der Waals surface area contributed by atoms with Crippen molar-refractivity contribution in [3.63, 3.8) is 0 Å². The van der Waals surface area contributed by atoms with Crippen LogP contribution in [0.15, 0.2) is 89.9 Å². The molecule has 3 atom stereocenters. The Balaban J connectivity index is 1.70. The average Bonchev–Trinajstić information content (AvgIpc) is 3.50. The van der Waals surface area contributed by atoms with Crippen molar-refractivity contribution in [1.82, 2.24) is 4.48 Å². The zero-order valence-corrected chi connectivity index (χ0v) is 15.8. The maximum Gasteiger partial charge on any atom is 0.192 e. The van der Waals surface area contributed by atoms with Crippen LogP contribution in [-0.4, -0.2) is 12.4 Å². The summed E-state index contributed by atoms with van der Waals surface area (Å²) < 4.78 is 0.792. The Morgan fingerprint density at radius 2 is 1.33 bits per heavy atom. The highest BCUT2D eigenvalue weighted by Gasteiger charge is 2.57. The molecule has 1 fully saturated rings. The topological polar surface area (TPSA) is 12.4 Å². The molecule has 0 N–H and O–H groups in total. The molecule has 0 saturated heterocycles. The van der Waals surface area contributed by atoms with E-state index in [1.54, 1.807) is 0 Å². The molecule has 1 heterocycles. The van der Waals surface area contributed by atoms with Crippen LogP contribution in [0.5, 0.6) is 0 Å². The van der Waals surface area contributed by atoms with Gasteiger partial charge in [0.2, 0.25) is 0 Å². The Morgan fingerprint density at radius 1 is 0.741 bits per heavy atom. The van der Waals surface area contributed by atoms with Gasteiger partial charge in [0, 0.05) is 35.6 Å². The Morgan fingerprint density at radius 3 is 1.93 bits per heavy atom. The van der Waals surface area contributed by atoms with E-state index in [9.17, 15) is 0 Å². The first kappa shape index (κ1) is 16.7. The smallest absolute Gasteiger partial charge is 0.192 e. The molecule has 3 aromatic rings. The highest BCUT2D eigenvalue weighted by Crippen LogP contribution is 2.53. The van der Waals surface area contributed by atoms with Gasteiger partial charge in [0.1, 0.15) is 17.8 Å². The highest BCUT2D eigenvalue weighted by molar-refractivity contribution is 6.30. The van der Waals surface area contributed by atoms with Crippen LogP contribution >= 0.6 is 11.6 Å². The third-order valence-corrected chi connectivity index (χ3v) is 6.14. The van der Waals surface area contributed by atoms with Crippen molar-refractivity contribution < 1.29 is 0 Å². The number of quaternary nitrogens is 1. The van der Waals surface area contributed by atoms with Gasteiger partial charge in [-0.25, -0.2) is 9.48 Å². The summed E-state index contributed by atoms with van der Waals surface area (Å²) in [6.07, 6.45) is 4.68. The van der Waals surface area contributed by atoms with Gasteiger partial charge in [-0.2, -0.15) is 0 Å². The second-order valence-corrected chi connectivity index (χ2v) is 7.95. The molecular weight excluding hydrogens is 352 g/mol. The van der Waals surface area contributed by atoms with Crippen molar-refractivity contribution in [3.8, 4) is 0 Å². The zero-order valence-electron chi connectivity index (χ0n) is 15.1. The molecular formula is C24H22ClN2+. The van der Waals surface area contributed by atoms with Crippen molar-refractivity contribution in [2.75, 3.05) is 0 Å². The molecule has 3 aromatic carbocycles. The van der Waals surface area contributed by atoms with E-state index in [1.807, 2.05) is 12.1 Å². The van der Waals surface area contributed by atoms with Crippen LogP contribution in [0.25, 0.3) is 0 Å². The van der Waals surface area contributed by atoms with E-state index >= 15 is 0 Å². The maximum absolute atomic E-state index is 6.20. The first-order valence-electron chi connectivity index (χ1n) is 9.57. The first-order chi connectivity index (χ1) is 13.3. The van der Waals surface area contributed by atoms with E-state index in [2.05, 4.69) is 79.1 Å². The molecule has 1 aliphatic heterocycles. The molecule has 5 rings (SSSR count). The van der Waals surface area contributed by atoms with Crippen LogP contribution in [0, 0.1) is 0 Å². The van der Waals surface area contributed by atoms with E-state index in [1.165, 1.54) is 29.7 Å². The molecule has 0 amide bonds. The van der Waals surface area contributed by atoms with Crippen molar-refractivity contribution in [3.05, 3.63) is 101 Å². The lowest BCUT2D eigenvalue weighted by Crippen LogP contribution is -2.51. The monoisotopic (exact) mass is 373 g/mol. The molecule has 27 heavy (non-hydrogen) atoms. The Bertz CT molecular complexity index is 949. The SMILES string of the molecule is Clc1ccc([N+]2(C3CC3)C=N[C@H](c3ccccc3)[C@@H]2c2ccccc2)cc1. The molecule has 1 aliphatic carbocycles. The standard InChI is InChI=1S/C24H22ClN2/c25-20-11-13-21(14-12-20)27(22-15-16-22)17-26-23(18-7-3-1-4-8-18)24(27)19-9-5-2-6-10-19/h1-14,17,22-24H,15-16H2/q+1/t23-,24+,27?/m1/s1. The highest BCUT2D eigenvalue weighted by atomic mass is 35.5. The number of aliphatic imine (C=N–C) groups is 1. The van der Waals surface area contributed by atoms with Gasteiger partial charge in [0.05, 0.1) is 0 Å². The second-order valence-electron chi connectivity index (χ2n) is 7.52. The summed E-state index contributed by atoms with van der Waals surface area (Å²) in [6.45, 7) is 0. The van der Waals surface area contributed by atoms with Gasteiger partial charge in [0.15, 0.2) is 12.4 Å². The summed E-state index contributed by atoms with van der Waals surface area (Å²) in [7, 11) is 0. The largest absolute Gasteiger partial charge is 0.238 e. The molecule has 0 radical (unpaired) electrons. The summed E-state index contributed by atoms with van der Waals surface area (Å²) in [4.78, 5) is 5.09. The van der Waals surface area contributed by atoms with Crippen LogP contribution in [0.2, 0.25) is 5.02 Å². The van der Waals surface area contributed by atoms with Gasteiger partial charge in [-0.05, 0) is 17.7 Å². The molecule has 134 valence electrons. The van der Waals surface area contributed by atoms with Gasteiger partial charge in [-0.1, -0.05) is 72.3 Å². The van der Waals surface area contributed by atoms with E-state index < -0.39 is 0 Å².